The van der Waals surface area contributed by atoms with Gasteiger partial charge >= 0.3 is 0 Å². The van der Waals surface area contributed by atoms with Crippen LogP contribution >= 0.6 is 11.3 Å². The molecule has 1 fully saturated rings. The molecule has 1 unspecified atom stereocenters. The molecule has 1 atom stereocenters. The molecule has 1 aliphatic rings. The summed E-state index contributed by atoms with van der Waals surface area (Å²) in [6.45, 7) is 2.26. The minimum absolute atomic E-state index is 0.141. The number of aromatic amines is 1. The summed E-state index contributed by atoms with van der Waals surface area (Å²) in [5.74, 6) is 0. The van der Waals surface area contributed by atoms with Gasteiger partial charge in [-0.25, -0.2) is 4.98 Å². The minimum atomic E-state index is -0.161. The molecule has 0 aromatic carbocycles. The first kappa shape index (κ1) is 13.8. The molecule has 0 amide bonds. The maximum atomic E-state index is 9.69. The molecule has 6 heteroatoms. The Balaban J connectivity index is 1.88. The van der Waals surface area contributed by atoms with Crippen molar-refractivity contribution in [3.8, 4) is 0 Å². The summed E-state index contributed by atoms with van der Waals surface area (Å²) in [5.41, 5.74) is 7.76. The summed E-state index contributed by atoms with van der Waals surface area (Å²) in [6.07, 6.45) is 3.43. The normalized spacial score (nSPS) is 19.3. The van der Waals surface area contributed by atoms with Crippen molar-refractivity contribution in [2.24, 2.45) is 5.73 Å². The molecule has 5 nitrogen and oxygen atoms in total. The van der Waals surface area contributed by atoms with E-state index < -0.39 is 0 Å². The molecule has 2 aromatic heterocycles. The zero-order valence-electron chi connectivity index (χ0n) is 11.3. The van der Waals surface area contributed by atoms with Crippen LogP contribution in [0.3, 0.4) is 0 Å². The Bertz CT molecular complexity index is 531. The van der Waals surface area contributed by atoms with Crippen molar-refractivity contribution < 1.29 is 5.11 Å². The van der Waals surface area contributed by atoms with E-state index in [2.05, 4.69) is 20.9 Å². The highest BCUT2D eigenvalue weighted by Crippen LogP contribution is 2.32. The average Bonchev–Trinajstić information content (AvgIpc) is 3.13. The van der Waals surface area contributed by atoms with Crippen molar-refractivity contribution in [1.29, 1.82) is 0 Å². The number of rotatable bonds is 4. The van der Waals surface area contributed by atoms with E-state index in [0.29, 0.717) is 6.54 Å². The Labute approximate surface area is 122 Å². The van der Waals surface area contributed by atoms with Crippen molar-refractivity contribution in [3.05, 3.63) is 40.1 Å². The van der Waals surface area contributed by atoms with Crippen LogP contribution in [-0.2, 0) is 6.54 Å². The van der Waals surface area contributed by atoms with Crippen LogP contribution in [0.5, 0.6) is 0 Å². The number of piperidine rings is 1. The van der Waals surface area contributed by atoms with Gasteiger partial charge in [0, 0.05) is 36.9 Å². The first-order valence-corrected chi connectivity index (χ1v) is 7.85. The molecular formula is C14H20N4OS. The monoisotopic (exact) mass is 292 g/mol. The Morgan fingerprint density at radius 1 is 1.50 bits per heavy atom. The van der Waals surface area contributed by atoms with Gasteiger partial charge in [0.15, 0.2) is 0 Å². The quantitative estimate of drug-likeness (QED) is 0.797. The van der Waals surface area contributed by atoms with E-state index in [1.165, 1.54) is 0 Å². The van der Waals surface area contributed by atoms with Crippen molar-refractivity contribution in [3.63, 3.8) is 0 Å². The number of nitrogens with zero attached hydrogens (tertiary/aromatic N) is 2. The highest BCUT2D eigenvalue weighted by molar-refractivity contribution is 7.09. The Kier molecular flexibility index (Phi) is 4.16. The second kappa shape index (κ2) is 6.05. The number of thiazole rings is 1. The van der Waals surface area contributed by atoms with Gasteiger partial charge < -0.3 is 15.8 Å². The molecule has 3 heterocycles. The molecule has 108 valence electrons. The van der Waals surface area contributed by atoms with Crippen LogP contribution in [0, 0.1) is 0 Å². The molecule has 0 saturated carbocycles. The number of hydrogen-bond donors (Lipinski definition) is 3. The molecule has 1 aliphatic heterocycles. The van der Waals surface area contributed by atoms with Crippen LogP contribution in [0.1, 0.15) is 35.3 Å². The van der Waals surface area contributed by atoms with Gasteiger partial charge in [0.05, 0.1) is 11.8 Å². The third kappa shape index (κ3) is 2.78. The van der Waals surface area contributed by atoms with Crippen LogP contribution in [0.4, 0.5) is 0 Å². The number of H-pyrrole nitrogens is 1. The Hall–Kier alpha value is -1.21. The summed E-state index contributed by atoms with van der Waals surface area (Å²) in [6, 6.07) is 4.25. The van der Waals surface area contributed by atoms with Gasteiger partial charge in [-0.2, -0.15) is 0 Å². The Morgan fingerprint density at radius 3 is 2.90 bits per heavy atom. The number of nitrogens with one attached hydrogen (secondary N) is 1. The van der Waals surface area contributed by atoms with Crippen molar-refractivity contribution in [2.75, 3.05) is 13.1 Å². The summed E-state index contributed by atoms with van der Waals surface area (Å²) < 4.78 is 0. The van der Waals surface area contributed by atoms with Gasteiger partial charge in [-0.3, -0.25) is 4.90 Å². The molecule has 3 rings (SSSR count). The van der Waals surface area contributed by atoms with Crippen LogP contribution in [0.25, 0.3) is 0 Å². The van der Waals surface area contributed by atoms with E-state index in [1.807, 2.05) is 17.6 Å². The topological polar surface area (TPSA) is 78.2 Å². The smallest absolute Gasteiger partial charge is 0.116 e. The number of likely N-dealkylation sites (tertiary alicyclic amines) is 1. The predicted molar refractivity (Wildman–Crippen MR) is 79.5 cm³/mol. The maximum absolute atomic E-state index is 9.69. The second-order valence-corrected chi connectivity index (χ2v) is 6.07. The third-order valence-corrected chi connectivity index (χ3v) is 4.74. The van der Waals surface area contributed by atoms with Gasteiger partial charge in [0.2, 0.25) is 0 Å². The summed E-state index contributed by atoms with van der Waals surface area (Å²) >= 11 is 1.66. The van der Waals surface area contributed by atoms with E-state index in [-0.39, 0.29) is 12.1 Å². The van der Waals surface area contributed by atoms with E-state index in [1.54, 1.807) is 11.3 Å². The highest BCUT2D eigenvalue weighted by Gasteiger charge is 2.29. The summed E-state index contributed by atoms with van der Waals surface area (Å²) in [5, 5.41) is 12.8. The van der Waals surface area contributed by atoms with Crippen LogP contribution in [0.2, 0.25) is 0 Å². The summed E-state index contributed by atoms with van der Waals surface area (Å²) in [4.78, 5) is 10.3. The molecular weight excluding hydrogens is 272 g/mol. The van der Waals surface area contributed by atoms with Crippen molar-refractivity contribution in [2.45, 2.75) is 31.5 Å². The first-order valence-electron chi connectivity index (χ1n) is 6.97. The highest BCUT2D eigenvalue weighted by atomic mass is 32.1. The molecule has 4 N–H and O–H groups in total. The Morgan fingerprint density at radius 2 is 2.30 bits per heavy atom. The lowest BCUT2D eigenvalue weighted by atomic mass is 10.0. The van der Waals surface area contributed by atoms with Crippen LogP contribution in [0.15, 0.2) is 23.7 Å². The van der Waals surface area contributed by atoms with Crippen LogP contribution in [-0.4, -0.2) is 39.2 Å². The zero-order chi connectivity index (χ0) is 13.9. The van der Waals surface area contributed by atoms with E-state index in [4.69, 9.17) is 5.73 Å². The van der Waals surface area contributed by atoms with Crippen molar-refractivity contribution in [1.82, 2.24) is 14.9 Å². The molecule has 0 spiro atoms. The molecule has 0 bridgehead atoms. The number of nitrogens with two attached hydrogens (primary N) is 1. The molecule has 2 aromatic rings. The lowest BCUT2D eigenvalue weighted by Gasteiger charge is -2.34. The maximum Gasteiger partial charge on any atom is 0.116 e. The molecule has 20 heavy (non-hydrogen) atoms. The van der Waals surface area contributed by atoms with Gasteiger partial charge in [0.1, 0.15) is 11.0 Å². The number of hydrogen-bond acceptors (Lipinski definition) is 5. The third-order valence-electron chi connectivity index (χ3n) is 3.79. The average molecular weight is 292 g/mol. The largest absolute Gasteiger partial charge is 0.393 e. The van der Waals surface area contributed by atoms with Gasteiger partial charge in [-0.05, 0) is 25.0 Å². The number of aliphatic hydroxyl groups is 1. The SMILES string of the molecule is NCc1csc(C(c2ccc[nH]2)N2CCC(O)CC2)n1. The summed E-state index contributed by atoms with van der Waals surface area (Å²) in [7, 11) is 0. The van der Waals surface area contributed by atoms with E-state index in [0.717, 1.165) is 42.3 Å². The number of aliphatic hydroxyl groups excluding tert-OH is 1. The molecule has 0 aliphatic carbocycles. The fraction of sp³-hybridized carbons (Fsp3) is 0.500. The van der Waals surface area contributed by atoms with Gasteiger partial charge in [-0.15, -0.1) is 11.3 Å². The lowest BCUT2D eigenvalue weighted by Crippen LogP contribution is -2.39. The van der Waals surface area contributed by atoms with E-state index >= 15 is 0 Å². The van der Waals surface area contributed by atoms with Gasteiger partial charge in [-0.1, -0.05) is 0 Å². The van der Waals surface area contributed by atoms with E-state index in [9.17, 15) is 5.11 Å². The van der Waals surface area contributed by atoms with Crippen LogP contribution < -0.4 is 5.73 Å². The minimum Gasteiger partial charge on any atom is -0.393 e. The fourth-order valence-corrected chi connectivity index (χ4v) is 3.67. The number of aromatic nitrogens is 2. The lowest BCUT2D eigenvalue weighted by molar-refractivity contribution is 0.0680. The first-order chi connectivity index (χ1) is 9.78. The standard InChI is InChI=1S/C14H20N4OS/c15-8-10-9-20-14(17-10)13(12-2-1-5-16-12)18-6-3-11(19)4-7-18/h1-2,5,9,11,13,16,19H,3-4,6-8,15H2. The second-order valence-electron chi connectivity index (χ2n) is 5.18. The molecule has 0 radical (unpaired) electrons. The zero-order valence-corrected chi connectivity index (χ0v) is 12.1. The predicted octanol–water partition coefficient (Wildman–Crippen LogP) is 1.48. The van der Waals surface area contributed by atoms with Gasteiger partial charge in [0.25, 0.3) is 0 Å². The fourth-order valence-electron chi connectivity index (χ4n) is 2.69. The molecule has 1 saturated heterocycles. The van der Waals surface area contributed by atoms with Crippen molar-refractivity contribution >= 4 is 11.3 Å².